The van der Waals surface area contributed by atoms with Crippen LogP contribution in [0, 0.1) is 5.82 Å². The molecule has 1 aromatic carbocycles. The summed E-state index contributed by atoms with van der Waals surface area (Å²) in [6.07, 6.45) is 3.15. The van der Waals surface area contributed by atoms with E-state index < -0.39 is 0 Å². The van der Waals surface area contributed by atoms with Gasteiger partial charge < -0.3 is 10.6 Å². The molecule has 2 aromatic rings. The number of anilines is 2. The summed E-state index contributed by atoms with van der Waals surface area (Å²) in [5, 5.41) is 5.79. The Kier molecular flexibility index (Phi) is 4.68. The number of aromatic nitrogens is 1. The van der Waals surface area contributed by atoms with E-state index in [1.54, 1.807) is 18.5 Å². The van der Waals surface area contributed by atoms with Gasteiger partial charge in [-0.05, 0) is 47.1 Å². The lowest BCUT2D eigenvalue weighted by Crippen LogP contribution is -2.15. The molecule has 6 heteroatoms. The Morgan fingerprint density at radius 2 is 2.20 bits per heavy atom. The van der Waals surface area contributed by atoms with Gasteiger partial charge in [0.1, 0.15) is 5.82 Å². The van der Waals surface area contributed by atoms with Crippen molar-refractivity contribution in [3.05, 3.63) is 52.5 Å². The Labute approximate surface area is 124 Å². The molecule has 1 amide bonds. The van der Waals surface area contributed by atoms with Gasteiger partial charge in [-0.25, -0.2) is 4.39 Å². The van der Waals surface area contributed by atoms with E-state index in [1.807, 2.05) is 6.92 Å². The fraction of sp³-hybridized carbons (Fsp3) is 0.143. The van der Waals surface area contributed by atoms with Crippen molar-refractivity contribution in [2.45, 2.75) is 6.92 Å². The van der Waals surface area contributed by atoms with Crippen molar-refractivity contribution in [1.82, 2.24) is 4.98 Å². The van der Waals surface area contributed by atoms with Gasteiger partial charge in [-0.2, -0.15) is 0 Å². The molecule has 0 aliphatic rings. The molecule has 0 saturated heterocycles. The quantitative estimate of drug-likeness (QED) is 0.894. The van der Waals surface area contributed by atoms with Gasteiger partial charge in [0.15, 0.2) is 0 Å². The zero-order chi connectivity index (χ0) is 14.5. The molecule has 0 aliphatic heterocycles. The van der Waals surface area contributed by atoms with Crippen molar-refractivity contribution in [2.24, 2.45) is 0 Å². The smallest absolute Gasteiger partial charge is 0.257 e. The zero-order valence-corrected chi connectivity index (χ0v) is 12.4. The monoisotopic (exact) mass is 337 g/mol. The lowest BCUT2D eigenvalue weighted by Gasteiger charge is -2.10. The summed E-state index contributed by atoms with van der Waals surface area (Å²) in [6, 6.07) is 5.94. The molecule has 0 fully saturated rings. The molecule has 1 aromatic heterocycles. The first kappa shape index (κ1) is 14.5. The Bertz CT molecular complexity index is 634. The summed E-state index contributed by atoms with van der Waals surface area (Å²) >= 11 is 3.08. The van der Waals surface area contributed by atoms with E-state index in [-0.39, 0.29) is 11.7 Å². The minimum absolute atomic E-state index is 0.276. The fourth-order valence-electron chi connectivity index (χ4n) is 1.70. The molecule has 2 rings (SSSR count). The number of nitrogens with one attached hydrogen (secondary N) is 2. The fourth-order valence-corrected chi connectivity index (χ4v) is 2.07. The van der Waals surface area contributed by atoms with Gasteiger partial charge in [0.05, 0.1) is 21.9 Å². The Balaban J connectivity index is 2.21. The molecule has 2 N–H and O–H groups in total. The maximum atomic E-state index is 13.1. The number of amides is 1. The van der Waals surface area contributed by atoms with Crippen LogP contribution in [0.2, 0.25) is 0 Å². The van der Waals surface area contributed by atoms with E-state index in [4.69, 9.17) is 0 Å². The average molecular weight is 338 g/mol. The van der Waals surface area contributed by atoms with Crippen LogP contribution in [0.3, 0.4) is 0 Å². The first-order valence-electron chi connectivity index (χ1n) is 6.06. The highest BCUT2D eigenvalue weighted by Gasteiger charge is 2.11. The van der Waals surface area contributed by atoms with Gasteiger partial charge in [-0.1, -0.05) is 0 Å². The highest BCUT2D eigenvalue weighted by atomic mass is 79.9. The second kappa shape index (κ2) is 6.47. The van der Waals surface area contributed by atoms with E-state index in [1.165, 1.54) is 18.2 Å². The summed E-state index contributed by atoms with van der Waals surface area (Å²) in [5.41, 5.74) is 1.67. The molecule has 0 radical (unpaired) electrons. The average Bonchev–Trinajstić information content (AvgIpc) is 2.44. The maximum absolute atomic E-state index is 13.1. The first-order chi connectivity index (χ1) is 9.61. The number of hydrogen-bond donors (Lipinski definition) is 2. The van der Waals surface area contributed by atoms with Crippen molar-refractivity contribution in [1.29, 1.82) is 0 Å². The van der Waals surface area contributed by atoms with Crippen LogP contribution in [0.15, 0.2) is 41.1 Å². The molecular weight excluding hydrogens is 325 g/mol. The molecule has 0 unspecified atom stereocenters. The second-order valence-electron chi connectivity index (χ2n) is 4.03. The third-order valence-electron chi connectivity index (χ3n) is 2.61. The molecule has 0 spiro atoms. The van der Waals surface area contributed by atoms with E-state index in [0.29, 0.717) is 28.0 Å². The minimum Gasteiger partial charge on any atom is -0.383 e. The third kappa shape index (κ3) is 3.33. The topological polar surface area (TPSA) is 54.0 Å². The van der Waals surface area contributed by atoms with Gasteiger partial charge in [0.2, 0.25) is 0 Å². The summed E-state index contributed by atoms with van der Waals surface area (Å²) in [4.78, 5) is 16.2. The van der Waals surface area contributed by atoms with Crippen LogP contribution in [0.25, 0.3) is 0 Å². The molecule has 4 nitrogen and oxygen atoms in total. The van der Waals surface area contributed by atoms with Crippen LogP contribution in [0.5, 0.6) is 0 Å². The number of nitrogens with zero attached hydrogens (tertiary/aromatic N) is 1. The number of pyridine rings is 1. The predicted octanol–water partition coefficient (Wildman–Crippen LogP) is 3.67. The predicted molar refractivity (Wildman–Crippen MR) is 80.5 cm³/mol. The van der Waals surface area contributed by atoms with E-state index in [2.05, 4.69) is 31.5 Å². The summed E-state index contributed by atoms with van der Waals surface area (Å²) in [6.45, 7) is 2.62. The van der Waals surface area contributed by atoms with Gasteiger partial charge in [-0.3, -0.25) is 9.78 Å². The Morgan fingerprint density at radius 3 is 2.90 bits per heavy atom. The molecule has 0 bridgehead atoms. The molecule has 20 heavy (non-hydrogen) atoms. The first-order valence-corrected chi connectivity index (χ1v) is 6.85. The van der Waals surface area contributed by atoms with Gasteiger partial charge in [0, 0.05) is 18.4 Å². The summed E-state index contributed by atoms with van der Waals surface area (Å²) in [5.74, 6) is -0.651. The summed E-state index contributed by atoms with van der Waals surface area (Å²) in [7, 11) is 0. The Hall–Kier alpha value is -1.95. The molecule has 0 aliphatic carbocycles. The molecule has 0 atom stereocenters. The minimum atomic E-state index is -0.375. The summed E-state index contributed by atoms with van der Waals surface area (Å²) < 4.78 is 13.4. The van der Waals surface area contributed by atoms with Crippen molar-refractivity contribution in [2.75, 3.05) is 17.2 Å². The Morgan fingerprint density at radius 1 is 1.40 bits per heavy atom. The van der Waals surface area contributed by atoms with E-state index in [9.17, 15) is 9.18 Å². The van der Waals surface area contributed by atoms with Gasteiger partial charge >= 0.3 is 0 Å². The van der Waals surface area contributed by atoms with Crippen LogP contribution in [0.1, 0.15) is 17.3 Å². The van der Waals surface area contributed by atoms with Crippen LogP contribution in [-0.4, -0.2) is 17.4 Å². The number of benzene rings is 1. The highest BCUT2D eigenvalue weighted by Crippen LogP contribution is 2.21. The number of rotatable bonds is 4. The third-order valence-corrected chi connectivity index (χ3v) is 3.22. The van der Waals surface area contributed by atoms with E-state index >= 15 is 0 Å². The van der Waals surface area contributed by atoms with E-state index in [0.717, 1.165) is 0 Å². The number of carbonyl (C=O) groups excluding carboxylic acids is 1. The number of carbonyl (C=O) groups is 1. The lowest BCUT2D eigenvalue weighted by molar-refractivity contribution is 0.102. The van der Waals surface area contributed by atoms with Crippen LogP contribution >= 0.6 is 15.9 Å². The van der Waals surface area contributed by atoms with Crippen LogP contribution in [-0.2, 0) is 0 Å². The molecule has 0 saturated carbocycles. The normalized spacial score (nSPS) is 10.2. The highest BCUT2D eigenvalue weighted by molar-refractivity contribution is 9.10. The van der Waals surface area contributed by atoms with Crippen LogP contribution in [0.4, 0.5) is 15.8 Å². The zero-order valence-electron chi connectivity index (χ0n) is 10.8. The van der Waals surface area contributed by atoms with Crippen molar-refractivity contribution >= 4 is 33.2 Å². The molecular formula is C14H13BrFN3O. The van der Waals surface area contributed by atoms with Gasteiger partial charge in [-0.15, -0.1) is 0 Å². The molecule has 104 valence electrons. The lowest BCUT2D eigenvalue weighted by atomic mass is 10.2. The van der Waals surface area contributed by atoms with Gasteiger partial charge in [0.25, 0.3) is 5.91 Å². The standard InChI is InChI=1S/C14H13BrFN3O/c1-2-18-13-8-17-6-5-10(13)14(20)19-9-3-4-12(16)11(15)7-9/h3-8,18H,2H2,1H3,(H,19,20). The number of halogens is 2. The van der Waals surface area contributed by atoms with Crippen molar-refractivity contribution < 1.29 is 9.18 Å². The number of hydrogen-bond acceptors (Lipinski definition) is 3. The second-order valence-corrected chi connectivity index (χ2v) is 4.89. The molecule has 1 heterocycles. The van der Waals surface area contributed by atoms with Crippen molar-refractivity contribution in [3.63, 3.8) is 0 Å². The SMILES string of the molecule is CCNc1cnccc1C(=O)Nc1ccc(F)c(Br)c1. The largest absolute Gasteiger partial charge is 0.383 e. The van der Waals surface area contributed by atoms with Crippen LogP contribution < -0.4 is 10.6 Å². The van der Waals surface area contributed by atoms with Crippen molar-refractivity contribution in [3.8, 4) is 0 Å². The maximum Gasteiger partial charge on any atom is 0.257 e.